The van der Waals surface area contributed by atoms with Crippen LogP contribution in [0.5, 0.6) is 0 Å². The van der Waals surface area contributed by atoms with Crippen molar-refractivity contribution in [2.75, 3.05) is 24.6 Å². The molecular weight excluding hydrogens is 582 g/mol. The molecule has 3 heterocycles. The summed E-state index contributed by atoms with van der Waals surface area (Å²) in [5.41, 5.74) is 2.39. The van der Waals surface area contributed by atoms with Crippen molar-refractivity contribution in [3.05, 3.63) is 90.0 Å². The lowest BCUT2D eigenvalue weighted by molar-refractivity contribution is -0.146. The van der Waals surface area contributed by atoms with Crippen molar-refractivity contribution in [2.45, 2.75) is 61.7 Å². The number of fused-ring (bicyclic) bond motifs is 1. The highest BCUT2D eigenvalue weighted by molar-refractivity contribution is 8.02. The fourth-order valence-electron chi connectivity index (χ4n) is 7.50. The molecule has 3 amide bonds. The lowest BCUT2D eigenvalue weighted by atomic mass is 9.66. The third-order valence-corrected chi connectivity index (χ3v) is 11.7. The Balaban J connectivity index is 1.59. The van der Waals surface area contributed by atoms with E-state index in [1.54, 1.807) is 51.6 Å². The van der Waals surface area contributed by atoms with Crippen molar-refractivity contribution in [2.24, 2.45) is 11.8 Å². The molecule has 2 aromatic carbocycles. The Morgan fingerprint density at radius 3 is 2.44 bits per heavy atom. The molecule has 2 bridgehead atoms. The summed E-state index contributed by atoms with van der Waals surface area (Å²) in [6.45, 7) is 14.1. The number of likely N-dealkylation sites (tertiary alicyclic amines) is 1. The van der Waals surface area contributed by atoms with E-state index in [4.69, 9.17) is 11.6 Å². The number of benzene rings is 2. The van der Waals surface area contributed by atoms with Gasteiger partial charge in [0, 0.05) is 24.4 Å². The molecule has 2 aromatic rings. The highest BCUT2D eigenvalue weighted by Crippen LogP contribution is 2.72. The highest BCUT2D eigenvalue weighted by atomic mass is 35.5. The molecule has 9 heteroatoms. The first-order valence-electron chi connectivity index (χ1n) is 14.8. The van der Waals surface area contributed by atoms with E-state index < -0.39 is 33.4 Å². The van der Waals surface area contributed by atoms with E-state index >= 15 is 0 Å². The van der Waals surface area contributed by atoms with Gasteiger partial charge in [-0.05, 0) is 50.8 Å². The Kier molecular flexibility index (Phi) is 8.85. The van der Waals surface area contributed by atoms with Crippen molar-refractivity contribution >= 4 is 46.8 Å². The van der Waals surface area contributed by atoms with Gasteiger partial charge < -0.3 is 19.8 Å². The number of aliphatic hydroxyl groups is 1. The zero-order chi connectivity index (χ0) is 31.1. The minimum atomic E-state index is -0.880. The SMILES string of the molecule is C=CCN(Cc1ccccc1)C(=O)[C@@H]1[C@H]2C(=O)N([C@H](C)CO)C(C(=O)N(CC=C)c3c(C)cccc3Cl)C23CC[C@@]1(C)S3. The van der Waals surface area contributed by atoms with Crippen LogP contribution < -0.4 is 4.90 Å². The van der Waals surface area contributed by atoms with Crippen molar-refractivity contribution in [1.82, 2.24) is 9.80 Å². The van der Waals surface area contributed by atoms with Gasteiger partial charge in [-0.25, -0.2) is 0 Å². The molecule has 6 atom stereocenters. The van der Waals surface area contributed by atoms with E-state index in [0.717, 1.165) is 11.1 Å². The van der Waals surface area contributed by atoms with Gasteiger partial charge in [0.1, 0.15) is 6.04 Å². The molecule has 7 nitrogen and oxygen atoms in total. The van der Waals surface area contributed by atoms with Gasteiger partial charge in [-0.1, -0.05) is 66.2 Å². The van der Waals surface area contributed by atoms with Crippen molar-refractivity contribution in [3.63, 3.8) is 0 Å². The van der Waals surface area contributed by atoms with E-state index in [1.165, 1.54) is 0 Å². The molecule has 0 radical (unpaired) electrons. The predicted octanol–water partition coefficient (Wildman–Crippen LogP) is 5.24. The van der Waals surface area contributed by atoms with Crippen LogP contribution in [0.4, 0.5) is 5.69 Å². The fourth-order valence-corrected chi connectivity index (χ4v) is 10.2. The maximum Gasteiger partial charge on any atom is 0.251 e. The van der Waals surface area contributed by atoms with Crippen molar-refractivity contribution < 1.29 is 19.5 Å². The summed E-state index contributed by atoms with van der Waals surface area (Å²) in [4.78, 5) is 48.8. The van der Waals surface area contributed by atoms with Gasteiger partial charge in [-0.15, -0.1) is 24.9 Å². The quantitative estimate of drug-likeness (QED) is 0.347. The molecule has 1 spiro atoms. The van der Waals surface area contributed by atoms with Gasteiger partial charge in [0.15, 0.2) is 0 Å². The molecule has 0 aromatic heterocycles. The summed E-state index contributed by atoms with van der Waals surface area (Å²) < 4.78 is -1.35. The van der Waals surface area contributed by atoms with Crippen molar-refractivity contribution in [3.8, 4) is 0 Å². The van der Waals surface area contributed by atoms with Crippen LogP contribution in [-0.2, 0) is 20.9 Å². The van der Waals surface area contributed by atoms with Crippen LogP contribution in [0.2, 0.25) is 5.02 Å². The Labute approximate surface area is 263 Å². The standard InChI is InChI=1S/C34H40ClN3O4S/c1-6-18-36(20-24-13-9-8-10-14-24)30(40)26-27-31(41)38(23(4)21-39)29(34(27)17-16-33(26,5)43-34)32(42)37(19-7-2)28-22(3)12-11-15-25(28)35/h6-15,23,26-27,29,39H,1-2,16-21H2,3-5H3/t23-,26+,27+,29?,33-,34?/m1/s1. The first kappa shape index (κ1) is 31.4. The topological polar surface area (TPSA) is 81.2 Å². The third kappa shape index (κ3) is 5.11. The van der Waals surface area contributed by atoms with Crippen LogP contribution in [0.25, 0.3) is 0 Å². The van der Waals surface area contributed by atoms with Gasteiger partial charge in [-0.2, -0.15) is 0 Å². The van der Waals surface area contributed by atoms with Crippen LogP contribution in [0.1, 0.15) is 37.8 Å². The molecule has 3 aliphatic heterocycles. The third-order valence-electron chi connectivity index (χ3n) is 9.37. The summed E-state index contributed by atoms with van der Waals surface area (Å²) in [6.07, 6.45) is 4.67. The molecule has 5 rings (SSSR count). The lowest BCUT2D eigenvalue weighted by Gasteiger charge is -2.39. The molecule has 0 saturated carbocycles. The second kappa shape index (κ2) is 12.1. The van der Waals surface area contributed by atoms with E-state index in [0.29, 0.717) is 36.6 Å². The predicted molar refractivity (Wildman–Crippen MR) is 173 cm³/mol. The lowest BCUT2D eigenvalue weighted by Crippen LogP contribution is -2.57. The van der Waals surface area contributed by atoms with E-state index in [-0.39, 0.29) is 30.9 Å². The van der Waals surface area contributed by atoms with E-state index in [9.17, 15) is 19.5 Å². The normalized spacial score (nSPS) is 28.0. The van der Waals surface area contributed by atoms with Crippen LogP contribution >= 0.6 is 23.4 Å². The Bertz CT molecular complexity index is 1420. The number of nitrogens with zero attached hydrogens (tertiary/aromatic N) is 3. The Morgan fingerprint density at radius 1 is 1.12 bits per heavy atom. The number of anilines is 1. The summed E-state index contributed by atoms with van der Waals surface area (Å²) in [7, 11) is 0. The maximum atomic E-state index is 14.8. The van der Waals surface area contributed by atoms with E-state index in [1.807, 2.05) is 49.4 Å². The average molecular weight is 622 g/mol. The van der Waals surface area contributed by atoms with Gasteiger partial charge in [0.2, 0.25) is 11.8 Å². The largest absolute Gasteiger partial charge is 0.394 e. The van der Waals surface area contributed by atoms with Crippen LogP contribution in [-0.4, -0.2) is 73.9 Å². The molecule has 0 aliphatic carbocycles. The molecule has 3 saturated heterocycles. The van der Waals surface area contributed by atoms with Crippen LogP contribution in [0, 0.1) is 18.8 Å². The fraction of sp³-hybridized carbons (Fsp3) is 0.441. The zero-order valence-corrected chi connectivity index (χ0v) is 26.6. The van der Waals surface area contributed by atoms with Gasteiger partial charge >= 0.3 is 0 Å². The molecule has 1 N–H and O–H groups in total. The number of carbonyl (C=O) groups is 3. The Hall–Kier alpha value is -3.07. The van der Waals surface area contributed by atoms with Gasteiger partial charge in [-0.3, -0.25) is 14.4 Å². The Morgan fingerprint density at radius 2 is 1.81 bits per heavy atom. The maximum absolute atomic E-state index is 14.8. The average Bonchev–Trinajstić information content (AvgIpc) is 3.56. The number of thioether (sulfide) groups is 1. The second-order valence-corrected chi connectivity index (χ2v) is 14.4. The smallest absolute Gasteiger partial charge is 0.251 e. The minimum absolute atomic E-state index is 0.103. The summed E-state index contributed by atoms with van der Waals surface area (Å²) in [5, 5.41) is 10.7. The van der Waals surface area contributed by atoms with Crippen molar-refractivity contribution in [1.29, 1.82) is 0 Å². The molecule has 3 aliphatic rings. The van der Waals surface area contributed by atoms with Gasteiger partial charge in [0.25, 0.3) is 5.91 Å². The number of aryl methyl sites for hydroxylation is 1. The first-order chi connectivity index (χ1) is 20.5. The number of hydrogen-bond donors (Lipinski definition) is 1. The van der Waals surface area contributed by atoms with Crippen LogP contribution in [0.15, 0.2) is 73.8 Å². The molecule has 3 fully saturated rings. The summed E-state index contributed by atoms with van der Waals surface area (Å²) in [5.74, 6) is -1.95. The number of halogens is 1. The number of para-hydroxylation sites is 1. The summed E-state index contributed by atoms with van der Waals surface area (Å²) in [6, 6.07) is 13.8. The van der Waals surface area contributed by atoms with E-state index in [2.05, 4.69) is 20.1 Å². The molecule has 228 valence electrons. The first-order valence-corrected chi connectivity index (χ1v) is 16.0. The number of hydrogen-bond acceptors (Lipinski definition) is 5. The number of rotatable bonds is 11. The highest BCUT2D eigenvalue weighted by Gasteiger charge is 2.78. The molecule has 2 unspecified atom stereocenters. The summed E-state index contributed by atoms with van der Waals surface area (Å²) >= 11 is 8.28. The minimum Gasteiger partial charge on any atom is -0.394 e. The number of carbonyl (C=O) groups excluding carboxylic acids is 3. The zero-order valence-electron chi connectivity index (χ0n) is 25.0. The molecular formula is C34H40ClN3O4S. The molecule has 43 heavy (non-hydrogen) atoms. The van der Waals surface area contributed by atoms with Crippen LogP contribution in [0.3, 0.4) is 0 Å². The monoisotopic (exact) mass is 621 g/mol. The number of amides is 3. The van der Waals surface area contributed by atoms with Gasteiger partial charge in [0.05, 0.1) is 39.9 Å². The second-order valence-electron chi connectivity index (χ2n) is 12.1. The number of aliphatic hydroxyl groups excluding tert-OH is 1.